The van der Waals surface area contributed by atoms with E-state index in [0.29, 0.717) is 17.7 Å². The second-order valence-electron chi connectivity index (χ2n) is 6.45. The molecule has 0 fully saturated rings. The summed E-state index contributed by atoms with van der Waals surface area (Å²) in [6.45, 7) is 2.76. The molecule has 0 radical (unpaired) electrons. The standard InChI is InChI=1S/C21H20N4O3/c1-3-25-17-7-5-4-6-15(17)20(26)23-19(25)16-12-22-24-18(16)13-8-10-14(11-9-13)21(27)28-2/h4-12,19H,3H2,1-2H3,(H,22,24)(H,23,26). The zero-order valence-electron chi connectivity index (χ0n) is 15.6. The summed E-state index contributed by atoms with van der Waals surface area (Å²) in [7, 11) is 1.35. The van der Waals surface area contributed by atoms with Crippen LogP contribution < -0.4 is 10.2 Å². The Hall–Kier alpha value is -3.61. The molecule has 1 aromatic heterocycles. The summed E-state index contributed by atoms with van der Waals surface area (Å²) in [6.07, 6.45) is 1.38. The number of anilines is 1. The van der Waals surface area contributed by atoms with Crippen molar-refractivity contribution in [3.8, 4) is 11.3 Å². The maximum Gasteiger partial charge on any atom is 0.337 e. The van der Waals surface area contributed by atoms with E-state index in [-0.39, 0.29) is 18.0 Å². The highest BCUT2D eigenvalue weighted by molar-refractivity contribution is 6.02. The third kappa shape index (κ3) is 2.90. The van der Waals surface area contributed by atoms with Crippen LogP contribution in [0.25, 0.3) is 11.3 Å². The van der Waals surface area contributed by atoms with Gasteiger partial charge in [-0.3, -0.25) is 9.89 Å². The largest absolute Gasteiger partial charge is 0.465 e. The first-order valence-electron chi connectivity index (χ1n) is 9.02. The van der Waals surface area contributed by atoms with Crippen molar-refractivity contribution in [2.45, 2.75) is 13.1 Å². The maximum absolute atomic E-state index is 12.6. The van der Waals surface area contributed by atoms with Crippen molar-refractivity contribution >= 4 is 17.6 Å². The molecule has 28 heavy (non-hydrogen) atoms. The fraction of sp³-hybridized carbons (Fsp3) is 0.190. The molecule has 4 rings (SSSR count). The lowest BCUT2D eigenvalue weighted by molar-refractivity contribution is 0.0600. The number of carbonyl (C=O) groups excluding carboxylic acids is 2. The number of methoxy groups -OCH3 is 1. The molecule has 2 aromatic carbocycles. The molecule has 7 nitrogen and oxygen atoms in total. The fourth-order valence-corrected chi connectivity index (χ4v) is 3.56. The predicted octanol–water partition coefficient (Wildman–Crippen LogP) is 3.13. The summed E-state index contributed by atoms with van der Waals surface area (Å²) in [6, 6.07) is 14.6. The Bertz CT molecular complexity index is 1030. The molecule has 1 aliphatic heterocycles. The van der Waals surface area contributed by atoms with Gasteiger partial charge in [0, 0.05) is 17.7 Å². The normalized spacial score (nSPS) is 15.7. The number of para-hydroxylation sites is 1. The van der Waals surface area contributed by atoms with Crippen molar-refractivity contribution in [2.24, 2.45) is 0 Å². The van der Waals surface area contributed by atoms with Gasteiger partial charge in [0.05, 0.1) is 35.8 Å². The summed E-state index contributed by atoms with van der Waals surface area (Å²) < 4.78 is 4.75. The van der Waals surface area contributed by atoms with E-state index in [1.165, 1.54) is 7.11 Å². The summed E-state index contributed by atoms with van der Waals surface area (Å²) in [5.74, 6) is -0.497. The number of hydrogen-bond donors (Lipinski definition) is 2. The average Bonchev–Trinajstić information content (AvgIpc) is 3.23. The summed E-state index contributed by atoms with van der Waals surface area (Å²) >= 11 is 0. The number of nitrogens with one attached hydrogen (secondary N) is 2. The highest BCUT2D eigenvalue weighted by atomic mass is 16.5. The Labute approximate surface area is 162 Å². The Balaban J connectivity index is 1.73. The number of nitrogens with zero attached hydrogens (tertiary/aromatic N) is 2. The lowest BCUT2D eigenvalue weighted by atomic mass is 10.0. The van der Waals surface area contributed by atoms with E-state index >= 15 is 0 Å². The second kappa shape index (κ2) is 7.19. The lowest BCUT2D eigenvalue weighted by Crippen LogP contribution is -2.46. The average molecular weight is 376 g/mol. The van der Waals surface area contributed by atoms with E-state index in [1.807, 2.05) is 43.3 Å². The minimum absolute atomic E-state index is 0.113. The van der Waals surface area contributed by atoms with Crippen molar-refractivity contribution in [2.75, 3.05) is 18.6 Å². The van der Waals surface area contributed by atoms with Crippen molar-refractivity contribution in [1.82, 2.24) is 15.5 Å². The molecule has 1 unspecified atom stereocenters. The first-order valence-corrected chi connectivity index (χ1v) is 9.02. The number of H-pyrrole nitrogens is 1. The molecule has 3 aromatic rings. The second-order valence-corrected chi connectivity index (χ2v) is 6.45. The number of amides is 1. The number of ether oxygens (including phenoxy) is 1. The number of benzene rings is 2. The van der Waals surface area contributed by atoms with Crippen LogP contribution in [0.4, 0.5) is 5.69 Å². The van der Waals surface area contributed by atoms with E-state index in [9.17, 15) is 9.59 Å². The molecule has 2 N–H and O–H groups in total. The van der Waals surface area contributed by atoms with Crippen molar-refractivity contribution < 1.29 is 14.3 Å². The molecule has 2 heterocycles. The third-order valence-corrected chi connectivity index (χ3v) is 4.94. The van der Waals surface area contributed by atoms with Crippen LogP contribution in [0.2, 0.25) is 0 Å². The third-order valence-electron chi connectivity index (χ3n) is 4.94. The van der Waals surface area contributed by atoms with Crippen molar-refractivity contribution in [3.63, 3.8) is 0 Å². The van der Waals surface area contributed by atoms with Crippen LogP contribution >= 0.6 is 0 Å². The van der Waals surface area contributed by atoms with E-state index in [0.717, 1.165) is 22.5 Å². The van der Waals surface area contributed by atoms with Gasteiger partial charge in [0.2, 0.25) is 0 Å². The van der Waals surface area contributed by atoms with Crippen LogP contribution in [0.1, 0.15) is 39.4 Å². The zero-order valence-corrected chi connectivity index (χ0v) is 15.6. The number of fused-ring (bicyclic) bond motifs is 1. The molecular weight excluding hydrogens is 356 g/mol. The number of rotatable bonds is 4. The van der Waals surface area contributed by atoms with Gasteiger partial charge in [0.25, 0.3) is 5.91 Å². The Morgan fingerprint density at radius 2 is 1.93 bits per heavy atom. The van der Waals surface area contributed by atoms with Gasteiger partial charge in [-0.25, -0.2) is 4.79 Å². The SMILES string of the molecule is CCN1c2ccccc2C(=O)NC1c1cn[nH]c1-c1ccc(C(=O)OC)cc1. The molecule has 0 saturated heterocycles. The summed E-state index contributed by atoms with van der Waals surface area (Å²) in [5.41, 5.74) is 4.54. The van der Waals surface area contributed by atoms with Crippen LogP contribution in [0.15, 0.2) is 54.7 Å². The van der Waals surface area contributed by atoms with E-state index in [2.05, 4.69) is 20.4 Å². The van der Waals surface area contributed by atoms with Gasteiger partial charge < -0.3 is 15.0 Å². The van der Waals surface area contributed by atoms with Gasteiger partial charge in [-0.2, -0.15) is 5.10 Å². The van der Waals surface area contributed by atoms with Gasteiger partial charge in [0.15, 0.2) is 0 Å². The highest BCUT2D eigenvalue weighted by Crippen LogP contribution is 2.36. The van der Waals surface area contributed by atoms with Gasteiger partial charge in [0.1, 0.15) is 6.17 Å². The minimum atomic E-state index is -0.385. The Morgan fingerprint density at radius 1 is 1.18 bits per heavy atom. The molecule has 1 amide bonds. The molecule has 0 aliphatic carbocycles. The summed E-state index contributed by atoms with van der Waals surface area (Å²) in [5, 5.41) is 10.3. The number of aromatic nitrogens is 2. The van der Waals surface area contributed by atoms with Crippen molar-refractivity contribution in [1.29, 1.82) is 0 Å². The smallest absolute Gasteiger partial charge is 0.337 e. The van der Waals surface area contributed by atoms with E-state index in [1.54, 1.807) is 18.3 Å². The molecule has 7 heteroatoms. The first kappa shape index (κ1) is 17.8. The molecule has 1 atom stereocenters. The number of hydrogen-bond acceptors (Lipinski definition) is 5. The van der Waals surface area contributed by atoms with Crippen LogP contribution in [0, 0.1) is 0 Å². The molecule has 0 spiro atoms. The monoisotopic (exact) mass is 376 g/mol. The number of esters is 1. The predicted molar refractivity (Wildman–Crippen MR) is 105 cm³/mol. The quantitative estimate of drug-likeness (QED) is 0.683. The topological polar surface area (TPSA) is 87.3 Å². The lowest BCUT2D eigenvalue weighted by Gasteiger charge is -2.38. The number of aromatic amines is 1. The van der Waals surface area contributed by atoms with Gasteiger partial charge >= 0.3 is 5.97 Å². The van der Waals surface area contributed by atoms with Gasteiger partial charge in [-0.15, -0.1) is 0 Å². The summed E-state index contributed by atoms with van der Waals surface area (Å²) in [4.78, 5) is 26.4. The molecule has 142 valence electrons. The number of carbonyl (C=O) groups is 2. The first-order chi connectivity index (χ1) is 13.6. The van der Waals surface area contributed by atoms with Crippen LogP contribution in [0.5, 0.6) is 0 Å². The maximum atomic E-state index is 12.6. The van der Waals surface area contributed by atoms with Crippen molar-refractivity contribution in [3.05, 3.63) is 71.4 Å². The van der Waals surface area contributed by atoms with Crippen LogP contribution in [0.3, 0.4) is 0 Å². The molecule has 0 saturated carbocycles. The molecule has 0 bridgehead atoms. The van der Waals surface area contributed by atoms with E-state index < -0.39 is 0 Å². The zero-order chi connectivity index (χ0) is 19.7. The van der Waals surface area contributed by atoms with Gasteiger partial charge in [-0.1, -0.05) is 24.3 Å². The van der Waals surface area contributed by atoms with Crippen LogP contribution in [-0.4, -0.2) is 35.7 Å². The Morgan fingerprint density at radius 3 is 2.64 bits per heavy atom. The molecule has 1 aliphatic rings. The van der Waals surface area contributed by atoms with E-state index in [4.69, 9.17) is 4.74 Å². The fourth-order valence-electron chi connectivity index (χ4n) is 3.56. The molecular formula is C21H20N4O3. The Kier molecular flexibility index (Phi) is 4.57. The highest BCUT2D eigenvalue weighted by Gasteiger charge is 2.32. The minimum Gasteiger partial charge on any atom is -0.465 e. The van der Waals surface area contributed by atoms with Crippen LogP contribution in [-0.2, 0) is 4.74 Å². The van der Waals surface area contributed by atoms with Gasteiger partial charge in [-0.05, 0) is 31.2 Å².